The van der Waals surface area contributed by atoms with Crippen molar-refractivity contribution >= 4 is 35.8 Å². The van der Waals surface area contributed by atoms with E-state index in [0.717, 1.165) is 62.4 Å². The van der Waals surface area contributed by atoms with Crippen LogP contribution >= 0.6 is 24.0 Å². The Bertz CT molecular complexity index is 804. The lowest BCUT2D eigenvalue weighted by Crippen LogP contribution is -2.44. The Kier molecular flexibility index (Phi) is 10.3. The number of aromatic nitrogens is 1. The van der Waals surface area contributed by atoms with Crippen LogP contribution in [0.3, 0.4) is 0 Å². The van der Waals surface area contributed by atoms with Crippen LogP contribution in [0.5, 0.6) is 5.75 Å². The molecule has 1 aromatic carbocycles. The van der Waals surface area contributed by atoms with E-state index in [-0.39, 0.29) is 24.0 Å². The van der Waals surface area contributed by atoms with Crippen LogP contribution in [0.1, 0.15) is 18.1 Å². The second-order valence-electron chi connectivity index (χ2n) is 7.69. The van der Waals surface area contributed by atoms with E-state index in [1.165, 1.54) is 5.56 Å². The molecule has 7 nitrogen and oxygen atoms in total. The van der Waals surface area contributed by atoms with Gasteiger partial charge in [-0.25, -0.2) is 9.98 Å². The molecule has 0 spiro atoms. The fourth-order valence-electron chi connectivity index (χ4n) is 3.45. The van der Waals surface area contributed by atoms with Crippen molar-refractivity contribution in [3.05, 3.63) is 53.7 Å². The van der Waals surface area contributed by atoms with E-state index in [1.54, 1.807) is 7.11 Å². The molecule has 0 amide bonds. The Hall–Kier alpha value is -2.07. The predicted molar refractivity (Wildman–Crippen MR) is 139 cm³/mol. The number of aliphatic imine (C=N–C) groups is 1. The zero-order valence-corrected chi connectivity index (χ0v) is 21.4. The summed E-state index contributed by atoms with van der Waals surface area (Å²) in [6, 6.07) is 12.4. The van der Waals surface area contributed by atoms with Gasteiger partial charge in [-0.3, -0.25) is 0 Å². The zero-order valence-electron chi connectivity index (χ0n) is 19.0. The van der Waals surface area contributed by atoms with Crippen LogP contribution in [0.2, 0.25) is 0 Å². The van der Waals surface area contributed by atoms with E-state index in [0.29, 0.717) is 6.54 Å². The lowest BCUT2D eigenvalue weighted by atomic mass is 10.2. The molecular weight excluding hydrogens is 503 g/mol. The first-order valence-corrected chi connectivity index (χ1v) is 10.6. The van der Waals surface area contributed by atoms with Crippen LogP contribution in [-0.2, 0) is 13.1 Å². The van der Waals surface area contributed by atoms with E-state index in [2.05, 4.69) is 70.3 Å². The summed E-state index contributed by atoms with van der Waals surface area (Å²) in [5, 5.41) is 3.38. The fourth-order valence-corrected chi connectivity index (χ4v) is 3.45. The van der Waals surface area contributed by atoms with Crippen LogP contribution in [0.25, 0.3) is 0 Å². The molecule has 170 valence electrons. The number of nitrogens with one attached hydrogen (secondary N) is 1. The minimum Gasteiger partial charge on any atom is -0.497 e. The zero-order chi connectivity index (χ0) is 21.3. The van der Waals surface area contributed by atoms with Gasteiger partial charge in [-0.1, -0.05) is 18.2 Å². The molecule has 0 aliphatic carbocycles. The Morgan fingerprint density at radius 1 is 1.10 bits per heavy atom. The van der Waals surface area contributed by atoms with E-state index in [9.17, 15) is 0 Å². The van der Waals surface area contributed by atoms with Crippen LogP contribution in [0.4, 0.5) is 5.82 Å². The van der Waals surface area contributed by atoms with Gasteiger partial charge >= 0.3 is 0 Å². The molecule has 1 aliphatic heterocycles. The molecule has 3 rings (SSSR count). The summed E-state index contributed by atoms with van der Waals surface area (Å²) in [6.07, 6.45) is 1.95. The van der Waals surface area contributed by atoms with Gasteiger partial charge in [-0.2, -0.15) is 0 Å². The number of anilines is 1. The molecule has 1 saturated heterocycles. The first kappa shape index (κ1) is 25.2. The number of ether oxygens (including phenoxy) is 1. The van der Waals surface area contributed by atoms with Crippen molar-refractivity contribution in [2.75, 3.05) is 58.8 Å². The molecule has 2 aromatic rings. The lowest BCUT2D eigenvalue weighted by Gasteiger charge is -2.33. The van der Waals surface area contributed by atoms with Gasteiger partial charge in [0.2, 0.25) is 0 Å². The highest BCUT2D eigenvalue weighted by molar-refractivity contribution is 14.0. The highest BCUT2D eigenvalue weighted by atomic mass is 127. The summed E-state index contributed by atoms with van der Waals surface area (Å²) in [7, 11) is 5.91. The van der Waals surface area contributed by atoms with E-state index in [4.69, 9.17) is 9.73 Å². The van der Waals surface area contributed by atoms with Crippen molar-refractivity contribution in [1.29, 1.82) is 0 Å². The quantitative estimate of drug-likeness (QED) is 0.333. The SMILES string of the molecule is CCNC(=NCc1ccc(N2CCN(C)CC2)nc1)N(C)Cc1ccc(OC)cc1.I. The highest BCUT2D eigenvalue weighted by Crippen LogP contribution is 2.15. The molecule has 1 aromatic heterocycles. The Morgan fingerprint density at radius 2 is 1.77 bits per heavy atom. The smallest absolute Gasteiger partial charge is 0.194 e. The van der Waals surface area contributed by atoms with Crippen molar-refractivity contribution in [1.82, 2.24) is 20.1 Å². The van der Waals surface area contributed by atoms with Gasteiger partial charge in [0.05, 0.1) is 13.7 Å². The number of guanidine groups is 1. The summed E-state index contributed by atoms with van der Waals surface area (Å²) in [4.78, 5) is 16.3. The normalized spacial score (nSPS) is 14.7. The number of halogens is 1. The summed E-state index contributed by atoms with van der Waals surface area (Å²) >= 11 is 0. The number of hydrogen-bond acceptors (Lipinski definition) is 5. The van der Waals surface area contributed by atoms with Gasteiger partial charge < -0.3 is 24.8 Å². The molecule has 1 fully saturated rings. The van der Waals surface area contributed by atoms with Crippen molar-refractivity contribution in [2.24, 2.45) is 4.99 Å². The standard InChI is InChI=1S/C23H34N6O.HI/c1-5-24-23(28(3)18-19-6-9-21(30-4)10-7-19)26-17-20-8-11-22(25-16-20)29-14-12-27(2)13-15-29;/h6-11,16H,5,12-15,17-18H2,1-4H3,(H,24,26);1H. The van der Waals surface area contributed by atoms with Gasteiger partial charge in [-0.05, 0) is 43.3 Å². The molecule has 0 radical (unpaired) electrons. The number of methoxy groups -OCH3 is 1. The number of benzene rings is 1. The molecule has 1 N–H and O–H groups in total. The number of pyridine rings is 1. The average Bonchev–Trinajstić information content (AvgIpc) is 2.78. The highest BCUT2D eigenvalue weighted by Gasteiger charge is 2.15. The van der Waals surface area contributed by atoms with E-state index >= 15 is 0 Å². The molecule has 2 heterocycles. The van der Waals surface area contributed by atoms with Gasteiger partial charge in [0.1, 0.15) is 11.6 Å². The maximum Gasteiger partial charge on any atom is 0.194 e. The monoisotopic (exact) mass is 538 g/mol. The first-order valence-electron chi connectivity index (χ1n) is 10.6. The molecule has 8 heteroatoms. The van der Waals surface area contributed by atoms with Gasteiger partial charge in [0.15, 0.2) is 5.96 Å². The summed E-state index contributed by atoms with van der Waals surface area (Å²) < 4.78 is 5.24. The maximum atomic E-state index is 5.24. The molecule has 0 saturated carbocycles. The topological polar surface area (TPSA) is 56.2 Å². The number of rotatable bonds is 7. The Balaban J connectivity index is 0.00000341. The number of nitrogens with zero attached hydrogens (tertiary/aromatic N) is 5. The van der Waals surface area contributed by atoms with E-state index in [1.807, 2.05) is 18.3 Å². The number of likely N-dealkylation sites (N-methyl/N-ethyl adjacent to an activating group) is 1. The average molecular weight is 538 g/mol. The minimum atomic E-state index is 0. The van der Waals surface area contributed by atoms with Gasteiger partial charge in [-0.15, -0.1) is 24.0 Å². The number of piperazine rings is 1. The molecule has 0 bridgehead atoms. The summed E-state index contributed by atoms with van der Waals surface area (Å²) in [5.74, 6) is 2.81. The number of hydrogen-bond donors (Lipinski definition) is 1. The first-order chi connectivity index (χ1) is 14.6. The van der Waals surface area contributed by atoms with Gasteiger partial charge in [0, 0.05) is 52.5 Å². The van der Waals surface area contributed by atoms with E-state index < -0.39 is 0 Å². The van der Waals surface area contributed by atoms with Crippen LogP contribution < -0.4 is 15.0 Å². The molecule has 0 atom stereocenters. The van der Waals surface area contributed by atoms with Crippen LogP contribution in [0.15, 0.2) is 47.6 Å². The Morgan fingerprint density at radius 3 is 2.35 bits per heavy atom. The van der Waals surface area contributed by atoms with Crippen molar-refractivity contribution in [3.63, 3.8) is 0 Å². The summed E-state index contributed by atoms with van der Waals surface area (Å²) in [5.41, 5.74) is 2.32. The molecule has 0 unspecified atom stereocenters. The lowest BCUT2D eigenvalue weighted by molar-refractivity contribution is 0.312. The second-order valence-corrected chi connectivity index (χ2v) is 7.69. The third-order valence-corrected chi connectivity index (χ3v) is 5.32. The van der Waals surface area contributed by atoms with Crippen molar-refractivity contribution in [3.8, 4) is 5.75 Å². The maximum absolute atomic E-state index is 5.24. The molecular formula is C23H35IN6O. The third-order valence-electron chi connectivity index (χ3n) is 5.32. The summed E-state index contributed by atoms with van der Waals surface area (Å²) in [6.45, 7) is 8.52. The van der Waals surface area contributed by atoms with Crippen LogP contribution in [-0.4, -0.2) is 74.7 Å². The minimum absolute atomic E-state index is 0. The van der Waals surface area contributed by atoms with Crippen molar-refractivity contribution < 1.29 is 4.74 Å². The van der Waals surface area contributed by atoms with Crippen LogP contribution in [0, 0.1) is 0 Å². The second kappa shape index (κ2) is 12.7. The predicted octanol–water partition coefficient (Wildman–Crippen LogP) is 3.06. The van der Waals surface area contributed by atoms with Gasteiger partial charge in [0.25, 0.3) is 0 Å². The Labute approximate surface area is 203 Å². The third kappa shape index (κ3) is 7.53. The molecule has 1 aliphatic rings. The molecule has 31 heavy (non-hydrogen) atoms. The fraction of sp³-hybridized carbons (Fsp3) is 0.478. The largest absolute Gasteiger partial charge is 0.497 e. The van der Waals surface area contributed by atoms with Crippen molar-refractivity contribution in [2.45, 2.75) is 20.0 Å².